The third-order valence-electron chi connectivity index (χ3n) is 5.14. The number of carbonyl (C=O) groups excluding carboxylic acids is 2. The van der Waals surface area contributed by atoms with Crippen LogP contribution in [-0.2, 0) is 19.1 Å². The van der Waals surface area contributed by atoms with Crippen molar-refractivity contribution in [2.75, 3.05) is 40.0 Å². The van der Waals surface area contributed by atoms with Gasteiger partial charge in [-0.25, -0.2) is 4.39 Å². The third-order valence-corrected chi connectivity index (χ3v) is 5.14. The maximum Gasteiger partial charge on any atom is 0.246 e. The lowest BCUT2D eigenvalue weighted by molar-refractivity contribution is -0.140. The Kier molecular flexibility index (Phi) is 6.21. The fourth-order valence-corrected chi connectivity index (χ4v) is 3.93. The number of nitrogens with zero attached hydrogens (tertiary/aromatic N) is 1. The zero-order valence-corrected chi connectivity index (χ0v) is 14.9. The molecule has 3 rings (SSSR count). The second-order valence-corrected chi connectivity index (χ2v) is 6.87. The van der Waals surface area contributed by atoms with Gasteiger partial charge in [0.1, 0.15) is 12.4 Å². The number of carbonyl (C=O) groups is 2. The molecule has 0 aromatic heterocycles. The van der Waals surface area contributed by atoms with Gasteiger partial charge in [0.05, 0.1) is 13.2 Å². The predicted molar refractivity (Wildman–Crippen MR) is 93.1 cm³/mol. The number of ether oxygens (including phenoxy) is 2. The largest absolute Gasteiger partial charge is 0.378 e. The molecule has 1 N–H and O–H groups in total. The molecule has 0 unspecified atom stereocenters. The number of rotatable bonds is 5. The number of morpholine rings is 1. The van der Waals surface area contributed by atoms with Gasteiger partial charge in [0.15, 0.2) is 0 Å². The van der Waals surface area contributed by atoms with E-state index in [0.29, 0.717) is 39.1 Å². The van der Waals surface area contributed by atoms with Crippen molar-refractivity contribution in [2.45, 2.75) is 24.8 Å². The minimum atomic E-state index is -0.298. The summed E-state index contributed by atoms with van der Waals surface area (Å²) in [7, 11) is 1.47. The van der Waals surface area contributed by atoms with Crippen molar-refractivity contribution in [3.63, 3.8) is 0 Å². The van der Waals surface area contributed by atoms with Crippen LogP contribution in [0, 0.1) is 11.7 Å². The lowest BCUT2D eigenvalue weighted by atomic mass is 9.88. The van der Waals surface area contributed by atoms with Gasteiger partial charge >= 0.3 is 0 Å². The molecule has 2 aliphatic rings. The summed E-state index contributed by atoms with van der Waals surface area (Å²) < 4.78 is 23.5. The van der Waals surface area contributed by atoms with Crippen LogP contribution in [0.5, 0.6) is 0 Å². The van der Waals surface area contributed by atoms with Crippen LogP contribution in [0.2, 0.25) is 0 Å². The Bertz CT molecular complexity index is 631. The molecule has 1 aliphatic carbocycles. The summed E-state index contributed by atoms with van der Waals surface area (Å²) in [5.41, 5.74) is 0.932. The Morgan fingerprint density at radius 1 is 1.23 bits per heavy atom. The summed E-state index contributed by atoms with van der Waals surface area (Å²) in [4.78, 5) is 26.8. The van der Waals surface area contributed by atoms with Crippen LogP contribution in [0.4, 0.5) is 4.39 Å². The Balaban J connectivity index is 1.76. The SMILES string of the molecule is COCC(=O)N[C@@H]1C[C@H](C(=O)N2CCOCC2)[C@@H](c2ccc(F)cc2)C1. The Morgan fingerprint density at radius 2 is 1.92 bits per heavy atom. The predicted octanol–water partition coefficient (Wildman–Crippen LogP) is 1.31. The van der Waals surface area contributed by atoms with Crippen LogP contribution in [-0.4, -0.2) is 62.8 Å². The zero-order chi connectivity index (χ0) is 18.5. The molecule has 1 aromatic rings. The maximum absolute atomic E-state index is 13.3. The molecule has 1 aromatic carbocycles. The zero-order valence-electron chi connectivity index (χ0n) is 14.9. The molecule has 2 amide bonds. The average molecular weight is 364 g/mol. The Labute approximate surface area is 152 Å². The van der Waals surface area contributed by atoms with Crippen molar-refractivity contribution in [3.05, 3.63) is 35.6 Å². The molecule has 0 bridgehead atoms. The monoisotopic (exact) mass is 364 g/mol. The highest BCUT2D eigenvalue weighted by Crippen LogP contribution is 2.41. The van der Waals surface area contributed by atoms with E-state index in [2.05, 4.69) is 5.32 Å². The van der Waals surface area contributed by atoms with Crippen molar-refractivity contribution < 1.29 is 23.5 Å². The number of halogens is 1. The summed E-state index contributed by atoms with van der Waals surface area (Å²) in [6.45, 7) is 2.28. The number of methoxy groups -OCH3 is 1. The minimum Gasteiger partial charge on any atom is -0.378 e. The van der Waals surface area contributed by atoms with E-state index in [1.165, 1.54) is 19.2 Å². The first-order valence-corrected chi connectivity index (χ1v) is 8.98. The van der Waals surface area contributed by atoms with Crippen LogP contribution >= 0.6 is 0 Å². The summed E-state index contributed by atoms with van der Waals surface area (Å²) in [5, 5.41) is 2.95. The van der Waals surface area contributed by atoms with E-state index in [-0.39, 0.29) is 42.1 Å². The first kappa shape index (κ1) is 18.8. The van der Waals surface area contributed by atoms with Gasteiger partial charge in [-0.1, -0.05) is 12.1 Å². The molecule has 7 heteroatoms. The minimum absolute atomic E-state index is 0.000207. The molecule has 26 heavy (non-hydrogen) atoms. The van der Waals surface area contributed by atoms with Crippen molar-refractivity contribution in [1.82, 2.24) is 10.2 Å². The van der Waals surface area contributed by atoms with E-state index in [1.54, 1.807) is 12.1 Å². The topological polar surface area (TPSA) is 67.9 Å². The maximum atomic E-state index is 13.3. The van der Waals surface area contributed by atoms with Gasteiger partial charge in [0.25, 0.3) is 0 Å². The lowest BCUT2D eigenvalue weighted by Gasteiger charge is -2.31. The van der Waals surface area contributed by atoms with Crippen LogP contribution in [0.1, 0.15) is 24.3 Å². The van der Waals surface area contributed by atoms with Crippen molar-refractivity contribution in [1.29, 1.82) is 0 Å². The van der Waals surface area contributed by atoms with Crippen molar-refractivity contribution in [3.8, 4) is 0 Å². The molecule has 0 radical (unpaired) electrons. The van der Waals surface area contributed by atoms with Gasteiger partial charge in [0.2, 0.25) is 11.8 Å². The molecule has 1 heterocycles. The molecule has 2 fully saturated rings. The Hall–Kier alpha value is -1.99. The summed E-state index contributed by atoms with van der Waals surface area (Å²) in [6, 6.07) is 6.21. The second-order valence-electron chi connectivity index (χ2n) is 6.87. The first-order chi connectivity index (χ1) is 12.6. The van der Waals surface area contributed by atoms with Crippen LogP contribution < -0.4 is 5.32 Å². The van der Waals surface area contributed by atoms with E-state index in [9.17, 15) is 14.0 Å². The normalized spacial score (nSPS) is 25.9. The van der Waals surface area contributed by atoms with E-state index in [0.717, 1.165) is 5.56 Å². The van der Waals surface area contributed by atoms with Crippen LogP contribution in [0.15, 0.2) is 24.3 Å². The molecule has 1 saturated heterocycles. The van der Waals surface area contributed by atoms with Gasteiger partial charge in [-0.05, 0) is 36.5 Å². The average Bonchev–Trinajstić information content (AvgIpc) is 3.06. The second kappa shape index (κ2) is 8.60. The molecular formula is C19H25FN2O4. The van der Waals surface area contributed by atoms with Gasteiger partial charge in [-0.15, -0.1) is 0 Å². The summed E-state index contributed by atoms with van der Waals surface area (Å²) in [6.07, 6.45) is 1.23. The lowest BCUT2D eigenvalue weighted by Crippen LogP contribution is -2.44. The number of benzene rings is 1. The van der Waals surface area contributed by atoms with Gasteiger partial charge in [-0.3, -0.25) is 9.59 Å². The summed E-state index contributed by atoms with van der Waals surface area (Å²) in [5.74, 6) is -0.668. The van der Waals surface area contributed by atoms with Gasteiger partial charge in [0, 0.05) is 32.2 Å². The molecule has 0 spiro atoms. The number of amides is 2. The van der Waals surface area contributed by atoms with Crippen molar-refractivity contribution >= 4 is 11.8 Å². The molecule has 1 aliphatic heterocycles. The standard InChI is InChI=1S/C19H25FN2O4/c1-25-12-18(23)21-15-10-16(13-2-4-14(20)5-3-13)17(11-15)19(24)22-6-8-26-9-7-22/h2-5,15-17H,6-12H2,1H3,(H,21,23)/t15-,16+,17-/m0/s1. The van der Waals surface area contributed by atoms with Gasteiger partial charge in [-0.2, -0.15) is 0 Å². The highest BCUT2D eigenvalue weighted by atomic mass is 19.1. The van der Waals surface area contributed by atoms with Crippen molar-refractivity contribution in [2.24, 2.45) is 5.92 Å². The summed E-state index contributed by atoms with van der Waals surface area (Å²) >= 11 is 0. The smallest absolute Gasteiger partial charge is 0.246 e. The van der Waals surface area contributed by atoms with Crippen LogP contribution in [0.25, 0.3) is 0 Å². The quantitative estimate of drug-likeness (QED) is 0.855. The number of nitrogens with one attached hydrogen (secondary N) is 1. The van der Waals surface area contributed by atoms with E-state index in [4.69, 9.17) is 9.47 Å². The van der Waals surface area contributed by atoms with Gasteiger partial charge < -0.3 is 19.7 Å². The third kappa shape index (κ3) is 4.40. The highest BCUT2D eigenvalue weighted by molar-refractivity contribution is 5.81. The van der Waals surface area contributed by atoms with Crippen LogP contribution in [0.3, 0.4) is 0 Å². The molecule has 1 saturated carbocycles. The fraction of sp³-hybridized carbons (Fsp3) is 0.579. The van der Waals surface area contributed by atoms with E-state index in [1.807, 2.05) is 4.90 Å². The molecule has 6 nitrogen and oxygen atoms in total. The molecular weight excluding hydrogens is 339 g/mol. The number of hydrogen-bond donors (Lipinski definition) is 1. The highest BCUT2D eigenvalue weighted by Gasteiger charge is 2.42. The fourth-order valence-electron chi connectivity index (χ4n) is 3.93. The Morgan fingerprint density at radius 3 is 2.58 bits per heavy atom. The number of hydrogen-bond acceptors (Lipinski definition) is 4. The van der Waals surface area contributed by atoms with E-state index < -0.39 is 0 Å². The molecule has 3 atom stereocenters. The first-order valence-electron chi connectivity index (χ1n) is 8.98. The molecule has 142 valence electrons. The van der Waals surface area contributed by atoms with E-state index >= 15 is 0 Å².